The Bertz CT molecular complexity index is 1000. The molecule has 2 aromatic carbocycles. The quantitative estimate of drug-likeness (QED) is 0.329. The van der Waals surface area contributed by atoms with Crippen molar-refractivity contribution in [1.29, 1.82) is 0 Å². The minimum Gasteiger partial charge on any atom is -0.496 e. The van der Waals surface area contributed by atoms with Crippen LogP contribution in [0.25, 0.3) is 0 Å². The van der Waals surface area contributed by atoms with Gasteiger partial charge in [0.15, 0.2) is 5.75 Å². The van der Waals surface area contributed by atoms with E-state index in [0.29, 0.717) is 31.1 Å². The van der Waals surface area contributed by atoms with E-state index in [1.807, 2.05) is 25.1 Å². The molecular formula is C26H35N3O5. The SMILES string of the molecule is COc1cc(NC(=O)C2CCC(Nc3cccc(OCCC(C)C)c3[N+](=O)[O-])CC2)ccc1C. The highest BCUT2D eigenvalue weighted by Crippen LogP contribution is 2.37. The van der Waals surface area contributed by atoms with Crippen LogP contribution in [0.2, 0.25) is 0 Å². The number of methoxy groups -OCH3 is 1. The lowest BCUT2D eigenvalue weighted by Crippen LogP contribution is -2.32. The van der Waals surface area contributed by atoms with Crippen LogP contribution < -0.4 is 20.1 Å². The zero-order valence-corrected chi connectivity index (χ0v) is 20.4. The molecule has 0 aliphatic heterocycles. The summed E-state index contributed by atoms with van der Waals surface area (Å²) in [5.41, 5.74) is 2.17. The van der Waals surface area contributed by atoms with Crippen LogP contribution in [0.15, 0.2) is 36.4 Å². The van der Waals surface area contributed by atoms with Crippen molar-refractivity contribution in [2.45, 2.75) is 58.9 Å². The van der Waals surface area contributed by atoms with Crippen LogP contribution in [0.5, 0.6) is 11.5 Å². The van der Waals surface area contributed by atoms with Crippen molar-refractivity contribution in [1.82, 2.24) is 0 Å². The molecule has 0 unspecified atom stereocenters. The zero-order valence-electron chi connectivity index (χ0n) is 20.4. The number of nitro groups is 1. The third kappa shape index (κ3) is 6.62. The Labute approximate surface area is 201 Å². The summed E-state index contributed by atoms with van der Waals surface area (Å²) in [5, 5.41) is 18.1. The molecule has 0 atom stereocenters. The fourth-order valence-corrected chi connectivity index (χ4v) is 4.21. The number of anilines is 2. The third-order valence-corrected chi connectivity index (χ3v) is 6.27. The fraction of sp³-hybridized carbons (Fsp3) is 0.500. The van der Waals surface area contributed by atoms with Crippen molar-refractivity contribution in [2.24, 2.45) is 11.8 Å². The standard InChI is InChI=1S/C26H35N3O5/c1-17(2)14-15-34-23-7-5-6-22(25(23)29(31)32)27-20-12-9-19(10-13-20)26(30)28-21-11-8-18(3)24(16-21)33-4/h5-8,11,16-17,19-20,27H,9-10,12-15H2,1-4H3,(H,28,30). The summed E-state index contributed by atoms with van der Waals surface area (Å²) in [6, 6.07) is 10.8. The van der Waals surface area contributed by atoms with Gasteiger partial charge in [0, 0.05) is 23.7 Å². The van der Waals surface area contributed by atoms with Gasteiger partial charge in [-0.15, -0.1) is 0 Å². The molecule has 0 saturated heterocycles. The summed E-state index contributed by atoms with van der Waals surface area (Å²) < 4.78 is 11.1. The minimum atomic E-state index is -0.387. The monoisotopic (exact) mass is 469 g/mol. The Morgan fingerprint density at radius 1 is 1.15 bits per heavy atom. The number of para-hydroxylation sites is 1. The van der Waals surface area contributed by atoms with Gasteiger partial charge in [-0.05, 0) is 68.7 Å². The maximum absolute atomic E-state index is 12.8. The molecule has 1 aliphatic carbocycles. The molecule has 0 aromatic heterocycles. The van der Waals surface area contributed by atoms with Gasteiger partial charge in [-0.3, -0.25) is 14.9 Å². The van der Waals surface area contributed by atoms with Crippen LogP contribution in [-0.2, 0) is 4.79 Å². The normalized spacial score (nSPS) is 17.8. The van der Waals surface area contributed by atoms with Crippen molar-refractivity contribution < 1.29 is 19.2 Å². The third-order valence-electron chi connectivity index (χ3n) is 6.27. The Kier molecular flexibility index (Phi) is 8.73. The highest BCUT2D eigenvalue weighted by Gasteiger charge is 2.29. The average molecular weight is 470 g/mol. The summed E-state index contributed by atoms with van der Waals surface area (Å²) in [5.74, 6) is 1.39. The maximum atomic E-state index is 12.8. The molecule has 1 fully saturated rings. The van der Waals surface area contributed by atoms with Gasteiger partial charge in [0.25, 0.3) is 0 Å². The summed E-state index contributed by atoms with van der Waals surface area (Å²) in [4.78, 5) is 24.2. The lowest BCUT2D eigenvalue weighted by Gasteiger charge is -2.29. The molecule has 1 saturated carbocycles. The molecular weight excluding hydrogens is 434 g/mol. The number of hydrogen-bond acceptors (Lipinski definition) is 6. The summed E-state index contributed by atoms with van der Waals surface area (Å²) >= 11 is 0. The highest BCUT2D eigenvalue weighted by atomic mass is 16.6. The van der Waals surface area contributed by atoms with E-state index in [0.717, 1.165) is 36.3 Å². The van der Waals surface area contributed by atoms with Crippen molar-refractivity contribution in [3.05, 3.63) is 52.1 Å². The molecule has 1 amide bonds. The van der Waals surface area contributed by atoms with Gasteiger partial charge in [-0.25, -0.2) is 0 Å². The molecule has 0 radical (unpaired) electrons. The minimum absolute atomic E-state index is 0.00381. The van der Waals surface area contributed by atoms with Gasteiger partial charge in [0.05, 0.1) is 18.6 Å². The first-order valence-corrected chi connectivity index (χ1v) is 11.9. The van der Waals surface area contributed by atoms with Gasteiger partial charge in [0.1, 0.15) is 11.4 Å². The average Bonchev–Trinajstić information content (AvgIpc) is 2.80. The summed E-state index contributed by atoms with van der Waals surface area (Å²) in [7, 11) is 1.61. The molecule has 1 aliphatic rings. The number of rotatable bonds is 10. The van der Waals surface area contributed by atoms with Crippen molar-refractivity contribution in [2.75, 3.05) is 24.4 Å². The van der Waals surface area contributed by atoms with E-state index in [9.17, 15) is 14.9 Å². The number of hydrogen-bond donors (Lipinski definition) is 2. The Balaban J connectivity index is 1.58. The molecule has 0 bridgehead atoms. The van der Waals surface area contributed by atoms with E-state index in [2.05, 4.69) is 24.5 Å². The molecule has 184 valence electrons. The number of benzene rings is 2. The van der Waals surface area contributed by atoms with E-state index in [4.69, 9.17) is 9.47 Å². The number of ether oxygens (including phenoxy) is 2. The highest BCUT2D eigenvalue weighted by molar-refractivity contribution is 5.92. The van der Waals surface area contributed by atoms with E-state index >= 15 is 0 Å². The van der Waals surface area contributed by atoms with Crippen LogP contribution in [0.3, 0.4) is 0 Å². The zero-order chi connectivity index (χ0) is 24.7. The molecule has 0 spiro atoms. The predicted molar refractivity (Wildman–Crippen MR) is 134 cm³/mol. The molecule has 2 N–H and O–H groups in total. The second-order valence-electron chi connectivity index (χ2n) is 9.31. The number of aryl methyl sites for hydroxylation is 1. The van der Waals surface area contributed by atoms with Crippen molar-refractivity contribution in [3.63, 3.8) is 0 Å². The van der Waals surface area contributed by atoms with Crippen LogP contribution >= 0.6 is 0 Å². The van der Waals surface area contributed by atoms with Gasteiger partial charge in [-0.1, -0.05) is 26.0 Å². The lowest BCUT2D eigenvalue weighted by molar-refractivity contribution is -0.385. The van der Waals surface area contributed by atoms with Crippen LogP contribution in [0, 0.1) is 28.9 Å². The van der Waals surface area contributed by atoms with Crippen molar-refractivity contribution in [3.8, 4) is 11.5 Å². The summed E-state index contributed by atoms with van der Waals surface area (Å²) in [6.07, 6.45) is 3.77. The second kappa shape index (κ2) is 11.7. The number of nitrogens with zero attached hydrogens (tertiary/aromatic N) is 1. The van der Waals surface area contributed by atoms with E-state index in [1.165, 1.54) is 0 Å². The van der Waals surface area contributed by atoms with Gasteiger partial charge >= 0.3 is 5.69 Å². The topological polar surface area (TPSA) is 103 Å². The first-order valence-electron chi connectivity index (χ1n) is 11.9. The van der Waals surface area contributed by atoms with E-state index in [1.54, 1.807) is 25.3 Å². The molecule has 2 aromatic rings. The number of carbonyl (C=O) groups excluding carboxylic acids is 1. The molecule has 34 heavy (non-hydrogen) atoms. The van der Waals surface area contributed by atoms with Crippen LogP contribution in [-0.4, -0.2) is 30.6 Å². The molecule has 8 nitrogen and oxygen atoms in total. The Morgan fingerprint density at radius 3 is 2.53 bits per heavy atom. The number of carbonyl (C=O) groups is 1. The first kappa shape index (κ1) is 25.3. The van der Waals surface area contributed by atoms with E-state index in [-0.39, 0.29) is 34.2 Å². The molecule has 3 rings (SSSR count). The smallest absolute Gasteiger partial charge is 0.333 e. The lowest BCUT2D eigenvalue weighted by atomic mass is 9.85. The van der Waals surface area contributed by atoms with Gasteiger partial charge < -0.3 is 20.1 Å². The fourth-order valence-electron chi connectivity index (χ4n) is 4.21. The molecule has 0 heterocycles. The Morgan fingerprint density at radius 2 is 1.88 bits per heavy atom. The van der Waals surface area contributed by atoms with Gasteiger partial charge in [-0.2, -0.15) is 0 Å². The van der Waals surface area contributed by atoms with Gasteiger partial charge in [0.2, 0.25) is 5.91 Å². The van der Waals surface area contributed by atoms with Crippen molar-refractivity contribution >= 4 is 23.0 Å². The first-order chi connectivity index (χ1) is 16.3. The van der Waals surface area contributed by atoms with E-state index < -0.39 is 0 Å². The molecule has 8 heteroatoms. The Hall–Kier alpha value is -3.29. The number of amides is 1. The second-order valence-corrected chi connectivity index (χ2v) is 9.31. The largest absolute Gasteiger partial charge is 0.496 e. The number of nitrogens with one attached hydrogen (secondary N) is 2. The van der Waals surface area contributed by atoms with Crippen LogP contribution in [0.4, 0.5) is 17.1 Å². The summed E-state index contributed by atoms with van der Waals surface area (Å²) in [6.45, 7) is 6.57. The number of nitro benzene ring substituents is 1. The maximum Gasteiger partial charge on any atom is 0.333 e. The van der Waals surface area contributed by atoms with Crippen LogP contribution in [0.1, 0.15) is 51.5 Å². The predicted octanol–water partition coefficient (Wildman–Crippen LogP) is 5.95.